The molecule has 4 N–H and O–H groups in total. The maximum atomic E-state index is 12.1. The van der Waals surface area contributed by atoms with E-state index in [1.165, 1.54) is 11.3 Å². The fourth-order valence-corrected chi connectivity index (χ4v) is 3.55. The van der Waals surface area contributed by atoms with Gasteiger partial charge in [0.2, 0.25) is 0 Å². The highest BCUT2D eigenvalue weighted by Crippen LogP contribution is 2.23. The van der Waals surface area contributed by atoms with Gasteiger partial charge in [0.05, 0.1) is 18.8 Å². The molecule has 3 rings (SSSR count). The number of hydrogen-bond donors (Lipinski definition) is 3. The van der Waals surface area contributed by atoms with E-state index in [4.69, 9.17) is 22.1 Å². The van der Waals surface area contributed by atoms with Gasteiger partial charge in [-0.15, -0.1) is 11.3 Å². The molecule has 2 amide bonds. The Morgan fingerprint density at radius 2 is 2.00 bits per heavy atom. The summed E-state index contributed by atoms with van der Waals surface area (Å²) in [7, 11) is 1.60. The first-order valence-electron chi connectivity index (χ1n) is 8.67. The van der Waals surface area contributed by atoms with E-state index >= 15 is 0 Å². The van der Waals surface area contributed by atoms with Crippen molar-refractivity contribution in [2.24, 2.45) is 5.73 Å². The Morgan fingerprint density at radius 3 is 2.75 bits per heavy atom. The van der Waals surface area contributed by atoms with Crippen LogP contribution >= 0.6 is 22.9 Å². The fourth-order valence-electron chi connectivity index (χ4n) is 2.66. The van der Waals surface area contributed by atoms with Gasteiger partial charge in [0.15, 0.2) is 5.13 Å². The number of benzene rings is 2. The molecular formula is C20H21ClN4O2S. The molecule has 1 unspecified atom stereocenters. The Hall–Kier alpha value is -2.61. The lowest BCUT2D eigenvalue weighted by atomic mass is 10.1. The number of nitrogens with zero attached hydrogens (tertiary/aromatic N) is 1. The van der Waals surface area contributed by atoms with Crippen molar-refractivity contribution in [3.8, 4) is 5.75 Å². The van der Waals surface area contributed by atoms with Crippen LogP contribution in [0, 0.1) is 0 Å². The van der Waals surface area contributed by atoms with E-state index < -0.39 is 0 Å². The van der Waals surface area contributed by atoms with E-state index in [1.54, 1.807) is 7.11 Å². The number of rotatable bonds is 7. The molecule has 28 heavy (non-hydrogen) atoms. The minimum atomic E-state index is -0.335. The van der Waals surface area contributed by atoms with E-state index in [0.29, 0.717) is 23.1 Å². The molecule has 0 bridgehead atoms. The van der Waals surface area contributed by atoms with Gasteiger partial charge in [0, 0.05) is 22.5 Å². The van der Waals surface area contributed by atoms with E-state index in [-0.39, 0.29) is 12.1 Å². The average molecular weight is 417 g/mol. The molecule has 1 aromatic heterocycles. The van der Waals surface area contributed by atoms with Gasteiger partial charge in [0.1, 0.15) is 5.75 Å². The zero-order chi connectivity index (χ0) is 19.9. The average Bonchev–Trinajstić information content (AvgIpc) is 3.17. The number of thiazole rings is 1. The third-order valence-electron chi connectivity index (χ3n) is 4.12. The summed E-state index contributed by atoms with van der Waals surface area (Å²) in [6, 6.07) is 14.5. The Balaban J connectivity index is 1.53. The standard InChI is InChI=1S/C20H21ClN4O2S/c1-27-18-5-3-2-4-14(18)11-23-19(26)25-20-24-17(12-28-20)16(22)10-13-6-8-15(21)9-7-13/h2-9,12,16H,10-11,22H2,1H3,(H2,23,24,25,26). The monoisotopic (exact) mass is 416 g/mol. The Bertz CT molecular complexity index is 930. The van der Waals surface area contributed by atoms with Crippen LogP contribution in [0.5, 0.6) is 5.75 Å². The molecule has 0 spiro atoms. The number of nitrogens with one attached hydrogen (secondary N) is 2. The van der Waals surface area contributed by atoms with Gasteiger partial charge in [0.25, 0.3) is 0 Å². The Morgan fingerprint density at radius 1 is 1.25 bits per heavy atom. The van der Waals surface area contributed by atoms with Crippen LogP contribution in [0.2, 0.25) is 5.02 Å². The van der Waals surface area contributed by atoms with Crippen molar-refractivity contribution < 1.29 is 9.53 Å². The molecule has 6 nitrogen and oxygen atoms in total. The highest BCUT2D eigenvalue weighted by atomic mass is 35.5. The summed E-state index contributed by atoms with van der Waals surface area (Å²) in [6.45, 7) is 0.351. The van der Waals surface area contributed by atoms with Crippen molar-refractivity contribution in [1.82, 2.24) is 10.3 Å². The third-order valence-corrected chi connectivity index (χ3v) is 5.15. The summed E-state index contributed by atoms with van der Waals surface area (Å²) in [5.74, 6) is 0.729. The van der Waals surface area contributed by atoms with Crippen LogP contribution in [0.25, 0.3) is 0 Å². The number of carbonyl (C=O) groups excluding carboxylic acids is 1. The number of para-hydroxylation sites is 1. The summed E-state index contributed by atoms with van der Waals surface area (Å²) in [5, 5.41) is 8.59. The topological polar surface area (TPSA) is 89.3 Å². The molecule has 0 aliphatic heterocycles. The van der Waals surface area contributed by atoms with Crippen molar-refractivity contribution in [2.45, 2.75) is 19.0 Å². The molecule has 0 saturated heterocycles. The largest absolute Gasteiger partial charge is 0.496 e. The first-order chi connectivity index (χ1) is 13.5. The molecular weight excluding hydrogens is 396 g/mol. The lowest BCUT2D eigenvalue weighted by molar-refractivity contribution is 0.251. The number of halogens is 1. The van der Waals surface area contributed by atoms with E-state index in [9.17, 15) is 4.79 Å². The number of ether oxygens (including phenoxy) is 1. The molecule has 0 aliphatic carbocycles. The van der Waals surface area contributed by atoms with E-state index in [0.717, 1.165) is 22.6 Å². The molecule has 1 atom stereocenters. The zero-order valence-corrected chi connectivity index (χ0v) is 16.9. The van der Waals surface area contributed by atoms with E-state index in [1.807, 2.05) is 53.9 Å². The SMILES string of the molecule is COc1ccccc1CNC(=O)Nc1nc(C(N)Cc2ccc(Cl)cc2)cs1. The lowest BCUT2D eigenvalue weighted by Crippen LogP contribution is -2.28. The summed E-state index contributed by atoms with van der Waals surface area (Å²) in [4.78, 5) is 16.6. The number of anilines is 1. The molecule has 3 aromatic rings. The minimum absolute atomic E-state index is 0.260. The molecule has 0 aliphatic rings. The van der Waals surface area contributed by atoms with Crippen molar-refractivity contribution >= 4 is 34.1 Å². The summed E-state index contributed by atoms with van der Waals surface area (Å²) >= 11 is 7.24. The molecule has 0 fully saturated rings. The highest BCUT2D eigenvalue weighted by Gasteiger charge is 2.13. The number of nitrogens with two attached hydrogens (primary N) is 1. The molecule has 0 saturated carbocycles. The van der Waals surface area contributed by atoms with Gasteiger partial charge in [-0.2, -0.15) is 0 Å². The summed E-state index contributed by atoms with van der Waals surface area (Å²) < 4.78 is 5.28. The van der Waals surface area contributed by atoms with Crippen LogP contribution < -0.4 is 21.1 Å². The van der Waals surface area contributed by atoms with E-state index in [2.05, 4.69) is 15.6 Å². The van der Waals surface area contributed by atoms with Gasteiger partial charge in [-0.05, 0) is 30.2 Å². The maximum absolute atomic E-state index is 12.1. The quantitative estimate of drug-likeness (QED) is 0.533. The van der Waals surface area contributed by atoms with Crippen LogP contribution in [0.3, 0.4) is 0 Å². The third kappa shape index (κ3) is 5.45. The summed E-state index contributed by atoms with van der Waals surface area (Å²) in [6.07, 6.45) is 0.639. The van der Waals surface area contributed by atoms with Gasteiger partial charge >= 0.3 is 6.03 Å². The number of urea groups is 1. The molecule has 146 valence electrons. The Kier molecular flexibility index (Phi) is 6.86. The molecule has 0 radical (unpaired) electrons. The maximum Gasteiger partial charge on any atom is 0.321 e. The number of amides is 2. The van der Waals surface area contributed by atoms with Gasteiger partial charge in [-0.25, -0.2) is 9.78 Å². The Labute approximate surface area is 172 Å². The first kappa shape index (κ1) is 20.1. The second kappa shape index (κ2) is 9.54. The van der Waals surface area contributed by atoms with Crippen LogP contribution in [-0.4, -0.2) is 18.1 Å². The summed E-state index contributed by atoms with van der Waals surface area (Å²) in [5.41, 5.74) is 8.95. The van der Waals surface area contributed by atoms with Gasteiger partial charge in [-0.3, -0.25) is 5.32 Å². The predicted molar refractivity (Wildman–Crippen MR) is 113 cm³/mol. The van der Waals surface area contributed by atoms with Gasteiger partial charge in [-0.1, -0.05) is 41.9 Å². The fraction of sp³-hybridized carbons (Fsp3) is 0.200. The number of carbonyl (C=O) groups is 1. The van der Waals surface area contributed by atoms with Crippen LogP contribution in [0.4, 0.5) is 9.93 Å². The van der Waals surface area contributed by atoms with Crippen LogP contribution in [0.15, 0.2) is 53.9 Å². The second-order valence-electron chi connectivity index (χ2n) is 6.13. The van der Waals surface area contributed by atoms with Crippen LogP contribution in [-0.2, 0) is 13.0 Å². The molecule has 8 heteroatoms. The number of aromatic nitrogens is 1. The molecule has 1 heterocycles. The first-order valence-corrected chi connectivity index (χ1v) is 9.93. The second-order valence-corrected chi connectivity index (χ2v) is 7.43. The van der Waals surface area contributed by atoms with Gasteiger partial charge < -0.3 is 15.8 Å². The number of methoxy groups -OCH3 is 1. The predicted octanol–water partition coefficient (Wildman–Crippen LogP) is 4.37. The molecule has 2 aromatic carbocycles. The normalized spacial score (nSPS) is 11.7. The smallest absolute Gasteiger partial charge is 0.321 e. The minimum Gasteiger partial charge on any atom is -0.496 e. The number of hydrogen-bond acceptors (Lipinski definition) is 5. The highest BCUT2D eigenvalue weighted by molar-refractivity contribution is 7.13. The van der Waals surface area contributed by atoms with Crippen LogP contribution in [0.1, 0.15) is 22.9 Å². The van der Waals surface area contributed by atoms with Crippen molar-refractivity contribution in [1.29, 1.82) is 0 Å². The zero-order valence-electron chi connectivity index (χ0n) is 15.3. The van der Waals surface area contributed by atoms with Crippen molar-refractivity contribution in [2.75, 3.05) is 12.4 Å². The van der Waals surface area contributed by atoms with Crippen molar-refractivity contribution in [3.63, 3.8) is 0 Å². The lowest BCUT2D eigenvalue weighted by Gasteiger charge is -2.10. The van der Waals surface area contributed by atoms with Crippen molar-refractivity contribution in [3.05, 3.63) is 75.8 Å².